The van der Waals surface area contributed by atoms with Crippen LogP contribution < -0.4 is 0 Å². The third-order valence-electron chi connectivity index (χ3n) is 4.52. The molecule has 28 heavy (non-hydrogen) atoms. The maximum atomic E-state index is 11.9. The predicted molar refractivity (Wildman–Crippen MR) is 111 cm³/mol. The Labute approximate surface area is 165 Å². The number of rotatable bonds is 7. The first-order valence-corrected chi connectivity index (χ1v) is 9.74. The molecule has 0 amide bonds. The van der Waals surface area contributed by atoms with Crippen LogP contribution in [0.2, 0.25) is 0 Å². The highest BCUT2D eigenvalue weighted by Crippen LogP contribution is 2.34. The molecule has 0 aliphatic rings. The number of nitrogens with zero attached hydrogens (tertiary/aromatic N) is 4. The third-order valence-corrected chi connectivity index (χ3v) is 4.52. The van der Waals surface area contributed by atoms with E-state index in [0.717, 1.165) is 58.4 Å². The lowest BCUT2D eigenvalue weighted by atomic mass is 9.94. The highest BCUT2D eigenvalue weighted by atomic mass is 16.5. The molecule has 0 saturated heterocycles. The molecule has 0 aromatic carbocycles. The van der Waals surface area contributed by atoms with Gasteiger partial charge in [-0.3, -0.25) is 4.98 Å². The highest BCUT2D eigenvalue weighted by molar-refractivity contribution is 5.99. The fourth-order valence-corrected chi connectivity index (χ4v) is 3.33. The molecule has 0 spiro atoms. The van der Waals surface area contributed by atoms with Crippen molar-refractivity contribution in [3.8, 4) is 11.1 Å². The van der Waals surface area contributed by atoms with Gasteiger partial charge >= 0.3 is 5.97 Å². The Morgan fingerprint density at radius 2 is 2.04 bits per heavy atom. The Hall–Kier alpha value is -3.02. The number of aromatic nitrogens is 4. The summed E-state index contributed by atoms with van der Waals surface area (Å²) in [6, 6.07) is 2.10. The van der Waals surface area contributed by atoms with Crippen LogP contribution in [0, 0.1) is 6.92 Å². The van der Waals surface area contributed by atoms with E-state index < -0.39 is 0 Å². The van der Waals surface area contributed by atoms with Gasteiger partial charge in [0.25, 0.3) is 0 Å². The smallest absolute Gasteiger partial charge is 0.330 e. The van der Waals surface area contributed by atoms with E-state index in [1.807, 2.05) is 36.3 Å². The van der Waals surface area contributed by atoms with Gasteiger partial charge in [-0.25, -0.2) is 14.5 Å². The number of esters is 1. The molecule has 0 bridgehead atoms. The number of aryl methyl sites for hydroxylation is 3. The maximum absolute atomic E-state index is 11.9. The third kappa shape index (κ3) is 3.96. The molecule has 0 N–H and O–H groups in total. The molecule has 6 heteroatoms. The van der Waals surface area contributed by atoms with Crippen LogP contribution in [0.15, 0.2) is 30.7 Å². The SMILES string of the molecule is CCCc1nc2c(cnn2CC)c(-c2cncc(C)c2)c1C=CC(=O)OCC. The molecule has 0 fully saturated rings. The molecule has 0 aliphatic carbocycles. The van der Waals surface area contributed by atoms with E-state index in [0.29, 0.717) is 6.61 Å². The van der Waals surface area contributed by atoms with Gasteiger partial charge < -0.3 is 4.74 Å². The fraction of sp³-hybridized carbons (Fsp3) is 0.364. The number of carbonyl (C=O) groups excluding carboxylic acids is 1. The number of fused-ring (bicyclic) bond motifs is 1. The van der Waals surface area contributed by atoms with Crippen LogP contribution in [0.25, 0.3) is 28.2 Å². The van der Waals surface area contributed by atoms with Crippen molar-refractivity contribution in [2.45, 2.75) is 47.1 Å². The summed E-state index contributed by atoms with van der Waals surface area (Å²) in [6.07, 6.45) is 10.6. The Kier molecular flexibility index (Phi) is 6.19. The van der Waals surface area contributed by atoms with Gasteiger partial charge in [-0.2, -0.15) is 5.10 Å². The zero-order chi connectivity index (χ0) is 20.1. The summed E-state index contributed by atoms with van der Waals surface area (Å²) in [4.78, 5) is 21.2. The van der Waals surface area contributed by atoms with E-state index in [-0.39, 0.29) is 5.97 Å². The maximum Gasteiger partial charge on any atom is 0.330 e. The van der Waals surface area contributed by atoms with Gasteiger partial charge in [-0.15, -0.1) is 0 Å². The van der Waals surface area contributed by atoms with Gasteiger partial charge in [0.2, 0.25) is 0 Å². The minimum Gasteiger partial charge on any atom is -0.463 e. The quantitative estimate of drug-likeness (QED) is 0.451. The van der Waals surface area contributed by atoms with Crippen molar-refractivity contribution >= 4 is 23.1 Å². The van der Waals surface area contributed by atoms with Crippen LogP contribution in [0.4, 0.5) is 0 Å². The van der Waals surface area contributed by atoms with Crippen LogP contribution in [0.5, 0.6) is 0 Å². The second-order valence-electron chi connectivity index (χ2n) is 6.63. The number of carbonyl (C=O) groups is 1. The lowest BCUT2D eigenvalue weighted by Gasteiger charge is -2.14. The summed E-state index contributed by atoms with van der Waals surface area (Å²) in [5.41, 5.74) is 5.79. The van der Waals surface area contributed by atoms with Crippen LogP contribution in [0.1, 0.15) is 44.0 Å². The van der Waals surface area contributed by atoms with Crippen molar-refractivity contribution in [2.75, 3.05) is 6.61 Å². The van der Waals surface area contributed by atoms with E-state index >= 15 is 0 Å². The van der Waals surface area contributed by atoms with Gasteiger partial charge in [0.15, 0.2) is 5.65 Å². The van der Waals surface area contributed by atoms with Crippen molar-refractivity contribution in [1.82, 2.24) is 19.7 Å². The molecule has 0 atom stereocenters. The molecule has 3 aromatic rings. The van der Waals surface area contributed by atoms with Crippen LogP contribution in [0.3, 0.4) is 0 Å². The van der Waals surface area contributed by atoms with Crippen LogP contribution in [-0.4, -0.2) is 32.3 Å². The van der Waals surface area contributed by atoms with Crippen molar-refractivity contribution < 1.29 is 9.53 Å². The summed E-state index contributed by atoms with van der Waals surface area (Å²) >= 11 is 0. The zero-order valence-electron chi connectivity index (χ0n) is 16.9. The number of hydrogen-bond acceptors (Lipinski definition) is 5. The van der Waals surface area contributed by atoms with E-state index in [2.05, 4.69) is 30.0 Å². The van der Waals surface area contributed by atoms with E-state index in [1.54, 1.807) is 6.92 Å². The summed E-state index contributed by atoms with van der Waals surface area (Å²) in [7, 11) is 0. The molecule has 146 valence electrons. The Morgan fingerprint density at radius 3 is 2.71 bits per heavy atom. The average molecular weight is 378 g/mol. The largest absolute Gasteiger partial charge is 0.463 e. The van der Waals surface area contributed by atoms with Crippen molar-refractivity contribution in [3.05, 3.63) is 47.6 Å². The molecule has 0 radical (unpaired) electrons. The number of hydrogen-bond donors (Lipinski definition) is 0. The normalized spacial score (nSPS) is 11.4. The minimum atomic E-state index is -0.359. The first-order valence-electron chi connectivity index (χ1n) is 9.74. The monoisotopic (exact) mass is 378 g/mol. The van der Waals surface area contributed by atoms with E-state index in [1.165, 1.54) is 6.08 Å². The van der Waals surface area contributed by atoms with Crippen LogP contribution >= 0.6 is 0 Å². The second-order valence-corrected chi connectivity index (χ2v) is 6.63. The minimum absolute atomic E-state index is 0.347. The number of ether oxygens (including phenoxy) is 1. The van der Waals surface area contributed by atoms with E-state index in [4.69, 9.17) is 9.72 Å². The molecule has 0 unspecified atom stereocenters. The van der Waals surface area contributed by atoms with Crippen LogP contribution in [-0.2, 0) is 22.5 Å². The molecular formula is C22H26N4O2. The first-order chi connectivity index (χ1) is 13.6. The molecule has 0 saturated carbocycles. The first kappa shape index (κ1) is 19.7. The lowest BCUT2D eigenvalue weighted by molar-refractivity contribution is -0.137. The zero-order valence-corrected chi connectivity index (χ0v) is 16.9. The Morgan fingerprint density at radius 1 is 1.21 bits per heavy atom. The topological polar surface area (TPSA) is 69.9 Å². The standard InChI is InChI=1S/C22H26N4O2/c1-5-8-19-17(9-10-20(27)28-7-3)21(16-11-15(4)12-23-13-16)18-14-24-26(6-2)22(18)25-19/h9-14H,5-8H2,1-4H3. The van der Waals surface area contributed by atoms with Crippen molar-refractivity contribution in [2.24, 2.45) is 0 Å². The van der Waals surface area contributed by atoms with Gasteiger partial charge in [-0.1, -0.05) is 13.3 Å². The molecule has 3 heterocycles. The number of pyridine rings is 2. The summed E-state index contributed by atoms with van der Waals surface area (Å²) in [5.74, 6) is -0.359. The Balaban J connectivity index is 2.32. The van der Waals surface area contributed by atoms with Gasteiger partial charge in [0.05, 0.1) is 18.5 Å². The molecule has 6 nitrogen and oxygen atoms in total. The molecule has 3 rings (SSSR count). The lowest BCUT2D eigenvalue weighted by Crippen LogP contribution is -2.04. The molecular weight excluding hydrogens is 352 g/mol. The summed E-state index contributed by atoms with van der Waals surface area (Å²) < 4.78 is 6.97. The van der Waals surface area contributed by atoms with Crippen molar-refractivity contribution in [3.63, 3.8) is 0 Å². The Bertz CT molecular complexity index is 1020. The molecule has 3 aromatic heterocycles. The average Bonchev–Trinajstić information content (AvgIpc) is 3.08. The van der Waals surface area contributed by atoms with Gasteiger partial charge in [0, 0.05) is 47.1 Å². The second kappa shape index (κ2) is 8.78. The highest BCUT2D eigenvalue weighted by Gasteiger charge is 2.18. The summed E-state index contributed by atoms with van der Waals surface area (Å²) in [6.45, 7) is 9.08. The van der Waals surface area contributed by atoms with Crippen molar-refractivity contribution in [1.29, 1.82) is 0 Å². The van der Waals surface area contributed by atoms with Gasteiger partial charge in [-0.05, 0) is 44.9 Å². The van der Waals surface area contributed by atoms with Gasteiger partial charge in [0.1, 0.15) is 0 Å². The van der Waals surface area contributed by atoms with E-state index in [9.17, 15) is 4.79 Å². The fourth-order valence-electron chi connectivity index (χ4n) is 3.33. The summed E-state index contributed by atoms with van der Waals surface area (Å²) in [5, 5.41) is 5.46. The molecule has 0 aliphatic heterocycles. The predicted octanol–water partition coefficient (Wildman–Crippen LogP) is 4.35.